The van der Waals surface area contributed by atoms with Crippen molar-refractivity contribution in [2.45, 2.75) is 26.8 Å². The number of guanidine groups is 1. The fourth-order valence-corrected chi connectivity index (χ4v) is 1.60. The van der Waals surface area contributed by atoms with E-state index in [2.05, 4.69) is 52.1 Å². The first-order valence-electron chi connectivity index (χ1n) is 6.92. The fraction of sp³-hybridized carbons (Fsp3) is 0.467. The first kappa shape index (κ1) is 19.7. The molecule has 0 aromatic heterocycles. The van der Waals surface area contributed by atoms with Crippen LogP contribution in [-0.2, 0) is 11.3 Å². The van der Waals surface area contributed by atoms with Crippen molar-refractivity contribution < 1.29 is 4.79 Å². The van der Waals surface area contributed by atoms with Gasteiger partial charge >= 0.3 is 0 Å². The molecule has 0 radical (unpaired) electrons. The number of nitrogens with zero attached hydrogens (tertiary/aromatic N) is 1. The number of carbonyl (C=O) groups is 1. The van der Waals surface area contributed by atoms with Crippen molar-refractivity contribution in [3.8, 4) is 0 Å². The number of hydrogen-bond donors (Lipinski definition) is 3. The molecule has 0 fully saturated rings. The van der Waals surface area contributed by atoms with Crippen LogP contribution in [0.2, 0.25) is 0 Å². The van der Waals surface area contributed by atoms with Gasteiger partial charge in [-0.2, -0.15) is 0 Å². The summed E-state index contributed by atoms with van der Waals surface area (Å²) >= 11 is 0. The Balaban J connectivity index is 0.00000400. The van der Waals surface area contributed by atoms with Gasteiger partial charge in [0, 0.05) is 20.1 Å². The van der Waals surface area contributed by atoms with Crippen LogP contribution in [0.1, 0.15) is 24.5 Å². The Hall–Kier alpha value is -1.31. The molecule has 1 aromatic carbocycles. The van der Waals surface area contributed by atoms with Gasteiger partial charge in [-0.3, -0.25) is 9.79 Å². The van der Waals surface area contributed by atoms with Gasteiger partial charge in [0.15, 0.2) is 5.96 Å². The largest absolute Gasteiger partial charge is 0.355 e. The summed E-state index contributed by atoms with van der Waals surface area (Å²) in [5.74, 6) is 0.599. The summed E-state index contributed by atoms with van der Waals surface area (Å²) in [6.45, 7) is 5.70. The second kappa shape index (κ2) is 11.4. The predicted octanol–water partition coefficient (Wildman–Crippen LogP) is 1.80. The van der Waals surface area contributed by atoms with E-state index in [4.69, 9.17) is 0 Å². The van der Waals surface area contributed by atoms with Gasteiger partial charge < -0.3 is 16.0 Å². The highest BCUT2D eigenvalue weighted by Gasteiger charge is 2.02. The first-order valence-corrected chi connectivity index (χ1v) is 6.92. The summed E-state index contributed by atoms with van der Waals surface area (Å²) in [6.07, 6.45) is 0.937. The van der Waals surface area contributed by atoms with Gasteiger partial charge in [0.1, 0.15) is 0 Å². The van der Waals surface area contributed by atoms with Crippen molar-refractivity contribution in [1.29, 1.82) is 0 Å². The quantitative estimate of drug-likeness (QED) is 0.385. The van der Waals surface area contributed by atoms with Gasteiger partial charge in [0.2, 0.25) is 5.91 Å². The third-order valence-electron chi connectivity index (χ3n) is 2.79. The molecule has 0 aliphatic rings. The summed E-state index contributed by atoms with van der Waals surface area (Å²) < 4.78 is 0. The minimum Gasteiger partial charge on any atom is -0.355 e. The van der Waals surface area contributed by atoms with Crippen LogP contribution in [0.25, 0.3) is 0 Å². The van der Waals surface area contributed by atoms with Crippen molar-refractivity contribution in [3.05, 3.63) is 35.4 Å². The lowest BCUT2D eigenvalue weighted by atomic mass is 10.1. The van der Waals surface area contributed by atoms with Crippen LogP contribution in [0, 0.1) is 6.92 Å². The van der Waals surface area contributed by atoms with E-state index in [0.29, 0.717) is 19.0 Å². The fourth-order valence-electron chi connectivity index (χ4n) is 1.60. The molecule has 6 heteroatoms. The summed E-state index contributed by atoms with van der Waals surface area (Å²) in [6, 6.07) is 8.30. The molecule has 5 nitrogen and oxygen atoms in total. The Morgan fingerprint density at radius 2 is 1.81 bits per heavy atom. The SMILES string of the molecule is CCCNC(=O)CNC(=NC)NCc1ccc(C)cc1.I. The van der Waals surface area contributed by atoms with Crippen LogP contribution < -0.4 is 16.0 Å². The second-order valence-corrected chi connectivity index (χ2v) is 4.61. The van der Waals surface area contributed by atoms with E-state index >= 15 is 0 Å². The van der Waals surface area contributed by atoms with Crippen LogP contribution in [0.4, 0.5) is 0 Å². The van der Waals surface area contributed by atoms with E-state index in [0.717, 1.165) is 6.42 Å². The van der Waals surface area contributed by atoms with Crippen molar-refractivity contribution in [2.75, 3.05) is 20.1 Å². The minimum atomic E-state index is -0.0230. The standard InChI is InChI=1S/C15H24N4O.HI/c1-4-9-17-14(20)11-19-15(16-3)18-10-13-7-5-12(2)6-8-13;/h5-8H,4,9-11H2,1-3H3,(H,17,20)(H2,16,18,19);1H. The van der Waals surface area contributed by atoms with Gasteiger partial charge in [0.05, 0.1) is 6.54 Å². The Labute approximate surface area is 144 Å². The molecular formula is C15H25IN4O. The lowest BCUT2D eigenvalue weighted by Crippen LogP contribution is -2.43. The Bertz CT molecular complexity index is 445. The van der Waals surface area contributed by atoms with Gasteiger partial charge in [-0.1, -0.05) is 36.8 Å². The van der Waals surface area contributed by atoms with E-state index in [1.807, 2.05) is 6.92 Å². The number of aryl methyl sites for hydroxylation is 1. The van der Waals surface area contributed by atoms with Gasteiger partial charge in [-0.05, 0) is 18.9 Å². The molecule has 1 aromatic rings. The molecular weight excluding hydrogens is 379 g/mol. The maximum Gasteiger partial charge on any atom is 0.239 e. The number of nitrogens with one attached hydrogen (secondary N) is 3. The molecule has 0 aliphatic heterocycles. The Kier molecular flexibility index (Phi) is 10.7. The van der Waals surface area contributed by atoms with Gasteiger partial charge in [-0.25, -0.2) is 0 Å². The zero-order valence-electron chi connectivity index (χ0n) is 12.9. The van der Waals surface area contributed by atoms with E-state index in [1.165, 1.54) is 11.1 Å². The van der Waals surface area contributed by atoms with Gasteiger partial charge in [0.25, 0.3) is 0 Å². The highest BCUT2D eigenvalue weighted by molar-refractivity contribution is 14.0. The van der Waals surface area contributed by atoms with Crippen LogP contribution >= 0.6 is 24.0 Å². The van der Waals surface area contributed by atoms with Crippen molar-refractivity contribution in [2.24, 2.45) is 4.99 Å². The van der Waals surface area contributed by atoms with E-state index in [9.17, 15) is 4.79 Å². The minimum absolute atomic E-state index is 0. The Morgan fingerprint density at radius 1 is 1.14 bits per heavy atom. The number of carbonyl (C=O) groups excluding carboxylic acids is 1. The number of rotatable bonds is 6. The topological polar surface area (TPSA) is 65.5 Å². The number of aliphatic imine (C=N–C) groups is 1. The average molecular weight is 404 g/mol. The maximum atomic E-state index is 11.5. The summed E-state index contributed by atoms with van der Waals surface area (Å²) in [7, 11) is 1.69. The highest BCUT2D eigenvalue weighted by Crippen LogP contribution is 2.02. The normalized spacial score (nSPS) is 10.5. The molecule has 0 atom stereocenters. The molecule has 0 bridgehead atoms. The van der Waals surface area contributed by atoms with Crippen LogP contribution in [0.5, 0.6) is 0 Å². The summed E-state index contributed by atoms with van der Waals surface area (Å²) in [4.78, 5) is 15.6. The van der Waals surface area contributed by atoms with E-state index in [-0.39, 0.29) is 36.4 Å². The number of halogens is 1. The van der Waals surface area contributed by atoms with E-state index in [1.54, 1.807) is 7.05 Å². The molecule has 21 heavy (non-hydrogen) atoms. The molecule has 0 heterocycles. The third kappa shape index (κ3) is 8.54. The second-order valence-electron chi connectivity index (χ2n) is 4.61. The smallest absolute Gasteiger partial charge is 0.239 e. The number of amides is 1. The monoisotopic (exact) mass is 404 g/mol. The molecule has 0 saturated carbocycles. The molecule has 3 N–H and O–H groups in total. The van der Waals surface area contributed by atoms with Crippen LogP contribution in [-0.4, -0.2) is 32.0 Å². The molecule has 0 aliphatic carbocycles. The van der Waals surface area contributed by atoms with Crippen molar-refractivity contribution in [3.63, 3.8) is 0 Å². The maximum absolute atomic E-state index is 11.5. The summed E-state index contributed by atoms with van der Waals surface area (Å²) in [5, 5.41) is 8.97. The van der Waals surface area contributed by atoms with Crippen molar-refractivity contribution in [1.82, 2.24) is 16.0 Å². The number of hydrogen-bond acceptors (Lipinski definition) is 2. The van der Waals surface area contributed by atoms with Crippen LogP contribution in [0.15, 0.2) is 29.3 Å². The third-order valence-corrected chi connectivity index (χ3v) is 2.79. The van der Waals surface area contributed by atoms with Crippen molar-refractivity contribution >= 4 is 35.8 Å². The van der Waals surface area contributed by atoms with Crippen LogP contribution in [0.3, 0.4) is 0 Å². The molecule has 0 saturated heterocycles. The molecule has 118 valence electrons. The highest BCUT2D eigenvalue weighted by atomic mass is 127. The first-order chi connectivity index (χ1) is 9.65. The number of benzene rings is 1. The molecule has 1 rings (SSSR count). The average Bonchev–Trinajstić information content (AvgIpc) is 2.47. The zero-order valence-corrected chi connectivity index (χ0v) is 15.2. The lowest BCUT2D eigenvalue weighted by Gasteiger charge is -2.12. The van der Waals surface area contributed by atoms with E-state index < -0.39 is 0 Å². The zero-order chi connectivity index (χ0) is 14.8. The molecule has 0 spiro atoms. The lowest BCUT2D eigenvalue weighted by molar-refractivity contribution is -0.120. The Morgan fingerprint density at radius 3 is 2.38 bits per heavy atom. The van der Waals surface area contributed by atoms with Gasteiger partial charge in [-0.15, -0.1) is 24.0 Å². The molecule has 0 unspecified atom stereocenters. The predicted molar refractivity (Wildman–Crippen MR) is 98.1 cm³/mol. The summed E-state index contributed by atoms with van der Waals surface area (Å²) in [5.41, 5.74) is 2.41. The molecule has 1 amide bonds.